The third-order valence-corrected chi connectivity index (χ3v) is 5.60. The van der Waals surface area contributed by atoms with Crippen LogP contribution in [0, 0.1) is 0 Å². The van der Waals surface area contributed by atoms with E-state index in [4.69, 9.17) is 4.74 Å². The molecule has 3 heterocycles. The molecular weight excluding hydrogens is 262 g/mol. The van der Waals surface area contributed by atoms with Gasteiger partial charge >= 0.3 is 0 Å². The van der Waals surface area contributed by atoms with Gasteiger partial charge in [-0.05, 0) is 56.0 Å². The van der Waals surface area contributed by atoms with Gasteiger partial charge in [0.2, 0.25) is 0 Å². The Balaban J connectivity index is 1.55. The molecule has 0 saturated carbocycles. The molecule has 4 rings (SSSR count). The van der Waals surface area contributed by atoms with Crippen molar-refractivity contribution in [2.45, 2.75) is 56.6 Å². The van der Waals surface area contributed by atoms with Gasteiger partial charge in [-0.3, -0.25) is 4.79 Å². The molecule has 2 atom stereocenters. The maximum absolute atomic E-state index is 11.0. The number of nitrogens with zero attached hydrogens (tertiary/aromatic N) is 1. The third-order valence-electron chi connectivity index (χ3n) is 5.60. The summed E-state index contributed by atoms with van der Waals surface area (Å²) in [5.41, 5.74) is 1.97. The molecule has 3 aliphatic rings. The number of fused-ring (bicyclic) bond motifs is 2. The molecular formula is C18H23NO2. The zero-order valence-electron chi connectivity index (χ0n) is 12.5. The Morgan fingerprint density at radius 3 is 3.05 bits per heavy atom. The first-order chi connectivity index (χ1) is 10.3. The highest BCUT2D eigenvalue weighted by Gasteiger charge is 2.42. The summed E-state index contributed by atoms with van der Waals surface area (Å²) in [6.07, 6.45) is 9.54. The lowest BCUT2D eigenvalue weighted by molar-refractivity contribution is 0.0768. The van der Waals surface area contributed by atoms with Crippen molar-refractivity contribution < 1.29 is 9.53 Å². The van der Waals surface area contributed by atoms with Gasteiger partial charge in [0, 0.05) is 31.0 Å². The van der Waals surface area contributed by atoms with Crippen molar-refractivity contribution in [1.29, 1.82) is 0 Å². The van der Waals surface area contributed by atoms with Crippen molar-refractivity contribution in [3.05, 3.63) is 29.3 Å². The number of piperidine rings is 1. The minimum absolute atomic E-state index is 0.0127. The quantitative estimate of drug-likeness (QED) is 0.742. The second kappa shape index (κ2) is 5.13. The summed E-state index contributed by atoms with van der Waals surface area (Å²) >= 11 is 0. The molecule has 0 bridgehead atoms. The highest BCUT2D eigenvalue weighted by Crippen LogP contribution is 2.42. The van der Waals surface area contributed by atoms with Crippen LogP contribution in [-0.4, -0.2) is 35.9 Å². The molecule has 0 aliphatic carbocycles. The molecule has 0 N–H and O–H groups in total. The number of benzene rings is 1. The van der Waals surface area contributed by atoms with Crippen LogP contribution in [0.15, 0.2) is 18.2 Å². The first-order valence-electron chi connectivity index (χ1n) is 8.29. The van der Waals surface area contributed by atoms with Gasteiger partial charge < -0.3 is 9.64 Å². The van der Waals surface area contributed by atoms with E-state index in [1.165, 1.54) is 44.3 Å². The number of carbonyl (C=O) groups excluding carboxylic acids is 1. The first kappa shape index (κ1) is 13.3. The average molecular weight is 285 g/mol. The summed E-state index contributed by atoms with van der Waals surface area (Å²) in [5.74, 6) is 1.00. The largest absolute Gasteiger partial charge is 0.487 e. The monoisotopic (exact) mass is 285 g/mol. The fourth-order valence-electron chi connectivity index (χ4n) is 4.39. The van der Waals surface area contributed by atoms with Crippen LogP contribution in [0.1, 0.15) is 54.4 Å². The minimum Gasteiger partial charge on any atom is -0.487 e. The number of rotatable bonds is 1. The maximum atomic E-state index is 11.0. The topological polar surface area (TPSA) is 29.5 Å². The van der Waals surface area contributed by atoms with Crippen LogP contribution in [0.4, 0.5) is 0 Å². The number of ether oxygens (including phenoxy) is 1. The fraction of sp³-hybridized carbons (Fsp3) is 0.611. The Morgan fingerprint density at radius 2 is 2.14 bits per heavy atom. The molecule has 2 unspecified atom stereocenters. The van der Waals surface area contributed by atoms with Crippen molar-refractivity contribution in [1.82, 2.24) is 4.90 Å². The van der Waals surface area contributed by atoms with Crippen molar-refractivity contribution in [2.75, 3.05) is 13.1 Å². The van der Waals surface area contributed by atoms with Gasteiger partial charge in [0.15, 0.2) is 0 Å². The molecule has 1 spiro atoms. The first-order valence-corrected chi connectivity index (χ1v) is 8.29. The molecule has 0 radical (unpaired) electrons. The Hall–Kier alpha value is -1.35. The Bertz CT molecular complexity index is 538. The molecule has 3 aliphatic heterocycles. The minimum atomic E-state index is -0.0127. The fourth-order valence-corrected chi connectivity index (χ4v) is 4.39. The molecule has 2 fully saturated rings. The van der Waals surface area contributed by atoms with Crippen LogP contribution in [-0.2, 0) is 6.42 Å². The van der Waals surface area contributed by atoms with Gasteiger partial charge in [0.25, 0.3) is 0 Å². The Morgan fingerprint density at radius 1 is 1.19 bits per heavy atom. The molecule has 2 saturated heterocycles. The zero-order valence-corrected chi connectivity index (χ0v) is 12.5. The van der Waals surface area contributed by atoms with Gasteiger partial charge in [0.05, 0.1) is 0 Å². The van der Waals surface area contributed by atoms with E-state index in [9.17, 15) is 4.79 Å². The van der Waals surface area contributed by atoms with Crippen molar-refractivity contribution in [3.63, 3.8) is 0 Å². The summed E-state index contributed by atoms with van der Waals surface area (Å²) in [6, 6.07) is 6.63. The summed E-state index contributed by atoms with van der Waals surface area (Å²) < 4.78 is 6.38. The molecule has 112 valence electrons. The lowest BCUT2D eigenvalue weighted by Gasteiger charge is -2.33. The summed E-state index contributed by atoms with van der Waals surface area (Å²) in [7, 11) is 0. The van der Waals surface area contributed by atoms with Gasteiger partial charge in [-0.25, -0.2) is 0 Å². The van der Waals surface area contributed by atoms with Crippen LogP contribution < -0.4 is 4.74 Å². The smallest absolute Gasteiger partial charge is 0.150 e. The van der Waals surface area contributed by atoms with Gasteiger partial charge in [-0.15, -0.1) is 0 Å². The van der Waals surface area contributed by atoms with Gasteiger partial charge in [-0.2, -0.15) is 0 Å². The maximum Gasteiger partial charge on any atom is 0.150 e. The van der Waals surface area contributed by atoms with E-state index < -0.39 is 0 Å². The van der Waals surface area contributed by atoms with Gasteiger partial charge in [0.1, 0.15) is 17.6 Å². The number of carbonyl (C=O) groups is 1. The predicted molar refractivity (Wildman–Crippen MR) is 82.0 cm³/mol. The SMILES string of the molecule is O=Cc1ccc2c(c1)CC1(CCC3CCCCN3CC1)O2. The molecule has 1 aromatic carbocycles. The number of aldehydes is 1. The lowest BCUT2D eigenvalue weighted by Crippen LogP contribution is -2.39. The zero-order chi connectivity index (χ0) is 14.3. The van der Waals surface area contributed by atoms with Crippen LogP contribution in [0.3, 0.4) is 0 Å². The number of hydrogen-bond donors (Lipinski definition) is 0. The molecule has 21 heavy (non-hydrogen) atoms. The van der Waals surface area contributed by atoms with E-state index in [1.54, 1.807) is 0 Å². The van der Waals surface area contributed by atoms with Crippen molar-refractivity contribution in [3.8, 4) is 5.75 Å². The molecule has 3 nitrogen and oxygen atoms in total. The lowest BCUT2D eigenvalue weighted by atomic mass is 9.88. The Labute approximate surface area is 126 Å². The average Bonchev–Trinajstić information content (AvgIpc) is 2.79. The summed E-state index contributed by atoms with van der Waals surface area (Å²) in [6.45, 7) is 2.43. The van der Waals surface area contributed by atoms with Crippen molar-refractivity contribution in [2.24, 2.45) is 0 Å². The van der Waals surface area contributed by atoms with E-state index >= 15 is 0 Å². The van der Waals surface area contributed by atoms with Crippen LogP contribution in [0.2, 0.25) is 0 Å². The molecule has 1 aromatic rings. The second-order valence-electron chi connectivity index (χ2n) is 6.92. The van der Waals surface area contributed by atoms with Crippen LogP contribution in [0.5, 0.6) is 5.75 Å². The molecule has 3 heteroatoms. The molecule has 0 aromatic heterocycles. The van der Waals surface area contributed by atoms with E-state index in [-0.39, 0.29) is 5.60 Å². The van der Waals surface area contributed by atoms with E-state index in [2.05, 4.69) is 4.90 Å². The molecule has 0 amide bonds. The van der Waals surface area contributed by atoms with Crippen LogP contribution in [0.25, 0.3) is 0 Å². The highest BCUT2D eigenvalue weighted by atomic mass is 16.5. The van der Waals surface area contributed by atoms with E-state index in [1.807, 2.05) is 18.2 Å². The Kier molecular flexibility index (Phi) is 3.26. The normalized spacial score (nSPS) is 32.1. The van der Waals surface area contributed by atoms with E-state index in [0.717, 1.165) is 42.9 Å². The standard InChI is InChI=1S/C18H23NO2/c20-13-14-4-5-17-15(11-14)12-18(21-17)7-6-16-3-1-2-9-19(16)10-8-18/h4-5,11,13,16H,1-3,6-10,12H2. The van der Waals surface area contributed by atoms with Crippen molar-refractivity contribution >= 4 is 6.29 Å². The van der Waals surface area contributed by atoms with Gasteiger partial charge in [-0.1, -0.05) is 6.42 Å². The second-order valence-corrected chi connectivity index (χ2v) is 6.92. The summed E-state index contributed by atoms with van der Waals surface area (Å²) in [5, 5.41) is 0. The highest BCUT2D eigenvalue weighted by molar-refractivity contribution is 5.75. The third kappa shape index (κ3) is 2.38. The van der Waals surface area contributed by atoms with Crippen LogP contribution >= 0.6 is 0 Å². The van der Waals surface area contributed by atoms with E-state index in [0.29, 0.717) is 0 Å². The summed E-state index contributed by atoms with van der Waals surface area (Å²) in [4.78, 5) is 13.6. The predicted octanol–water partition coefficient (Wildman–Crippen LogP) is 3.21. The number of hydrogen-bond acceptors (Lipinski definition) is 3.